The minimum absolute atomic E-state index is 0.759. The summed E-state index contributed by atoms with van der Waals surface area (Å²) in [5.41, 5.74) is 3.96. The summed E-state index contributed by atoms with van der Waals surface area (Å²) in [5, 5.41) is 2.41. The molecule has 4 rings (SSSR count). The van der Waals surface area contributed by atoms with Gasteiger partial charge < -0.3 is 4.90 Å². The maximum absolute atomic E-state index is 6.30. The predicted octanol–water partition coefficient (Wildman–Crippen LogP) is 5.10. The molecule has 2 radical (unpaired) electrons. The van der Waals surface area contributed by atoms with Crippen molar-refractivity contribution < 1.29 is 0 Å². The molecule has 4 aromatic carbocycles. The van der Waals surface area contributed by atoms with Gasteiger partial charge in [0.2, 0.25) is 0 Å². The first kappa shape index (κ1) is 14.6. The second-order valence-electron chi connectivity index (χ2n) is 5.73. The molecule has 0 saturated heterocycles. The van der Waals surface area contributed by atoms with Gasteiger partial charge >= 0.3 is 0 Å². The van der Waals surface area contributed by atoms with E-state index in [-0.39, 0.29) is 0 Å². The van der Waals surface area contributed by atoms with E-state index in [1.54, 1.807) is 0 Å². The van der Waals surface area contributed by atoms with Crippen LogP contribution >= 0.6 is 0 Å². The van der Waals surface area contributed by atoms with Crippen LogP contribution in [0.5, 0.6) is 0 Å². The molecule has 0 aliphatic heterocycles. The van der Waals surface area contributed by atoms with E-state index in [1.165, 1.54) is 10.8 Å². The number of fused-ring (bicyclic) bond motifs is 1. The van der Waals surface area contributed by atoms with Crippen LogP contribution in [-0.2, 0) is 0 Å². The van der Waals surface area contributed by atoms with Crippen LogP contribution in [0.15, 0.2) is 97.1 Å². The molecule has 0 saturated carbocycles. The van der Waals surface area contributed by atoms with Crippen molar-refractivity contribution in [2.24, 2.45) is 0 Å². The molecule has 0 aliphatic rings. The van der Waals surface area contributed by atoms with Crippen molar-refractivity contribution in [3.63, 3.8) is 0 Å². The third kappa shape index (κ3) is 2.57. The average Bonchev–Trinajstić information content (AvgIpc) is 2.65. The Balaban J connectivity index is 2.01. The largest absolute Gasteiger partial charge is 0.310 e. The van der Waals surface area contributed by atoms with Gasteiger partial charge in [0.1, 0.15) is 7.85 Å². The molecule has 0 spiro atoms. The smallest absolute Gasteiger partial charge is 0.116 e. The molecule has 0 N–H and O–H groups in total. The molecular weight excluding hydrogens is 289 g/mol. The number of nitrogens with zero attached hydrogens (tertiary/aromatic N) is 1. The number of para-hydroxylation sites is 2. The number of hydrogen-bond acceptors (Lipinski definition) is 1. The summed E-state index contributed by atoms with van der Waals surface area (Å²) in [6.07, 6.45) is 0. The number of rotatable bonds is 3. The van der Waals surface area contributed by atoms with E-state index in [2.05, 4.69) is 65.6 Å². The van der Waals surface area contributed by atoms with E-state index in [9.17, 15) is 0 Å². The van der Waals surface area contributed by atoms with E-state index in [0.29, 0.717) is 0 Å². The van der Waals surface area contributed by atoms with E-state index < -0.39 is 0 Å². The third-order valence-electron chi connectivity index (χ3n) is 4.20. The molecule has 2 heteroatoms. The lowest BCUT2D eigenvalue weighted by atomic mass is 9.92. The van der Waals surface area contributed by atoms with Crippen molar-refractivity contribution in [3.8, 4) is 0 Å². The Morgan fingerprint density at radius 2 is 1.17 bits per heavy atom. The fraction of sp³-hybridized carbons (Fsp3) is 0. The fourth-order valence-electron chi connectivity index (χ4n) is 3.08. The van der Waals surface area contributed by atoms with E-state index in [0.717, 1.165) is 22.5 Å². The van der Waals surface area contributed by atoms with Crippen LogP contribution in [0.2, 0.25) is 0 Å². The Hall–Kier alpha value is -3.00. The lowest BCUT2D eigenvalue weighted by molar-refractivity contribution is 1.31. The van der Waals surface area contributed by atoms with Crippen molar-refractivity contribution >= 4 is 41.1 Å². The highest BCUT2D eigenvalue weighted by molar-refractivity contribution is 6.36. The van der Waals surface area contributed by atoms with Crippen LogP contribution in [-0.4, -0.2) is 7.85 Å². The molecule has 0 aliphatic carbocycles. The Morgan fingerprint density at radius 1 is 0.542 bits per heavy atom. The van der Waals surface area contributed by atoms with Gasteiger partial charge in [0, 0.05) is 16.8 Å². The lowest BCUT2D eigenvalue weighted by Gasteiger charge is -2.28. The first-order valence-electron chi connectivity index (χ1n) is 8.02. The lowest BCUT2D eigenvalue weighted by Crippen LogP contribution is -2.19. The standard InChI is InChI=1S/C22H16BN/c23-20-14-6-7-15-22(20)24(18-11-2-1-3-12-18)21-16-8-10-17-9-4-5-13-19(17)21/h1-16H. The van der Waals surface area contributed by atoms with Crippen molar-refractivity contribution in [1.82, 2.24) is 0 Å². The summed E-state index contributed by atoms with van der Waals surface area (Å²) in [5.74, 6) is 0. The summed E-state index contributed by atoms with van der Waals surface area (Å²) >= 11 is 0. The Bertz CT molecular complexity index is 974. The minimum atomic E-state index is 0.759. The van der Waals surface area contributed by atoms with Gasteiger partial charge in [-0.2, -0.15) is 0 Å². The van der Waals surface area contributed by atoms with Crippen molar-refractivity contribution in [1.29, 1.82) is 0 Å². The molecule has 0 atom stereocenters. The van der Waals surface area contributed by atoms with Gasteiger partial charge in [0.05, 0.1) is 5.69 Å². The molecule has 0 unspecified atom stereocenters. The number of benzene rings is 4. The third-order valence-corrected chi connectivity index (χ3v) is 4.20. The van der Waals surface area contributed by atoms with Crippen molar-refractivity contribution in [2.75, 3.05) is 4.90 Å². The zero-order valence-corrected chi connectivity index (χ0v) is 13.3. The van der Waals surface area contributed by atoms with E-state index >= 15 is 0 Å². The maximum atomic E-state index is 6.30. The fourth-order valence-corrected chi connectivity index (χ4v) is 3.08. The molecule has 4 aromatic rings. The monoisotopic (exact) mass is 305 g/mol. The minimum Gasteiger partial charge on any atom is -0.310 e. The van der Waals surface area contributed by atoms with Gasteiger partial charge in [-0.3, -0.25) is 0 Å². The molecular formula is C22H16BN. The second-order valence-corrected chi connectivity index (χ2v) is 5.73. The molecule has 24 heavy (non-hydrogen) atoms. The Kier molecular flexibility index (Phi) is 3.80. The van der Waals surface area contributed by atoms with Gasteiger partial charge in [0.15, 0.2) is 0 Å². The molecule has 0 fully saturated rings. The van der Waals surface area contributed by atoms with Gasteiger partial charge in [0.25, 0.3) is 0 Å². The summed E-state index contributed by atoms with van der Waals surface area (Å²) in [4.78, 5) is 2.22. The van der Waals surface area contributed by atoms with E-state index in [1.807, 2.05) is 36.4 Å². The second kappa shape index (κ2) is 6.25. The molecule has 112 valence electrons. The summed E-state index contributed by atoms with van der Waals surface area (Å²) in [7, 11) is 6.30. The van der Waals surface area contributed by atoms with Crippen molar-refractivity contribution in [2.45, 2.75) is 0 Å². The normalized spacial score (nSPS) is 10.7. The molecule has 0 heterocycles. The van der Waals surface area contributed by atoms with Crippen LogP contribution in [0.1, 0.15) is 0 Å². The molecule has 0 aromatic heterocycles. The molecule has 1 nitrogen and oxygen atoms in total. The van der Waals surface area contributed by atoms with Crippen LogP contribution in [0.3, 0.4) is 0 Å². The van der Waals surface area contributed by atoms with Crippen molar-refractivity contribution in [3.05, 3.63) is 97.1 Å². The van der Waals surface area contributed by atoms with Crippen LogP contribution in [0, 0.1) is 0 Å². The summed E-state index contributed by atoms with van der Waals surface area (Å²) < 4.78 is 0. The Morgan fingerprint density at radius 3 is 2.00 bits per heavy atom. The number of hydrogen-bond donors (Lipinski definition) is 0. The highest BCUT2D eigenvalue weighted by atomic mass is 15.1. The number of anilines is 3. The molecule has 0 bridgehead atoms. The van der Waals surface area contributed by atoms with Gasteiger partial charge in [-0.15, -0.1) is 0 Å². The zero-order chi connectivity index (χ0) is 16.4. The highest BCUT2D eigenvalue weighted by Gasteiger charge is 2.15. The predicted molar refractivity (Wildman–Crippen MR) is 104 cm³/mol. The Labute approximate surface area is 143 Å². The van der Waals surface area contributed by atoms with Gasteiger partial charge in [-0.25, -0.2) is 0 Å². The van der Waals surface area contributed by atoms with E-state index in [4.69, 9.17) is 7.85 Å². The SMILES string of the molecule is [B]c1ccccc1N(c1ccccc1)c1cccc2ccccc12. The van der Waals surface area contributed by atoms with Gasteiger partial charge in [-0.05, 0) is 29.7 Å². The molecule has 0 amide bonds. The van der Waals surface area contributed by atoms with Crippen LogP contribution < -0.4 is 10.4 Å². The van der Waals surface area contributed by atoms with Crippen LogP contribution in [0.4, 0.5) is 17.1 Å². The first-order valence-corrected chi connectivity index (χ1v) is 8.02. The maximum Gasteiger partial charge on any atom is 0.116 e. The van der Waals surface area contributed by atoms with Crippen LogP contribution in [0.25, 0.3) is 10.8 Å². The van der Waals surface area contributed by atoms with Gasteiger partial charge in [-0.1, -0.05) is 78.3 Å². The highest BCUT2D eigenvalue weighted by Crippen LogP contribution is 2.37. The zero-order valence-electron chi connectivity index (χ0n) is 13.3. The first-order chi connectivity index (χ1) is 11.8. The quantitative estimate of drug-likeness (QED) is 0.476. The summed E-state index contributed by atoms with van der Waals surface area (Å²) in [6, 6.07) is 33.1. The topological polar surface area (TPSA) is 3.24 Å². The average molecular weight is 305 g/mol. The summed E-state index contributed by atoms with van der Waals surface area (Å²) in [6.45, 7) is 0.